The number of fused-ring (bicyclic) bond motifs is 3. The van der Waals surface area contributed by atoms with E-state index >= 15 is 0 Å². The van der Waals surface area contributed by atoms with Crippen LogP contribution < -0.4 is 0 Å². The first-order chi connectivity index (χ1) is 6.45. The van der Waals surface area contributed by atoms with Gasteiger partial charge in [-0.3, -0.25) is 0 Å². The van der Waals surface area contributed by atoms with E-state index in [1.807, 2.05) is 6.07 Å². The van der Waals surface area contributed by atoms with Gasteiger partial charge in [-0.15, -0.1) is 5.56 Å². The summed E-state index contributed by atoms with van der Waals surface area (Å²) >= 11 is 0. The summed E-state index contributed by atoms with van der Waals surface area (Å²) in [4.78, 5) is 0. The van der Waals surface area contributed by atoms with Crippen molar-refractivity contribution in [2.75, 3.05) is 0 Å². The molecule has 0 saturated carbocycles. The monoisotopic (exact) mass is 210 g/mol. The summed E-state index contributed by atoms with van der Waals surface area (Å²) in [6.45, 7) is 0. The summed E-state index contributed by atoms with van der Waals surface area (Å²) in [6, 6.07) is 18.1. The normalized spacial score (nSPS) is 11.4. The van der Waals surface area contributed by atoms with E-state index < -0.39 is 0 Å². The minimum Gasteiger partial charge on any atom is -0.179 e. The second-order valence-electron chi connectivity index (χ2n) is 3.40. The molecule has 0 aliphatic heterocycles. The van der Waals surface area contributed by atoms with Crippen molar-refractivity contribution in [3.63, 3.8) is 0 Å². The van der Waals surface area contributed by atoms with Gasteiger partial charge in [0, 0.05) is 25.8 Å². The Hall–Kier alpha value is -0.690. The summed E-state index contributed by atoms with van der Waals surface area (Å²) < 4.78 is 0. The smallest absolute Gasteiger partial charge is 0 e. The molecule has 1 radical (unpaired) electrons. The van der Waals surface area contributed by atoms with Gasteiger partial charge in [0.2, 0.25) is 0 Å². The van der Waals surface area contributed by atoms with Gasteiger partial charge in [0.25, 0.3) is 0 Å². The zero-order valence-electron chi connectivity index (χ0n) is 7.83. The van der Waals surface area contributed by atoms with Crippen molar-refractivity contribution < 1.29 is 25.8 Å². The Kier molecular flexibility index (Phi) is 2.69. The molecule has 0 aromatic heterocycles. The Morgan fingerprint density at radius 3 is 2.64 bits per heavy atom. The fourth-order valence-electron chi connectivity index (χ4n) is 2.00. The molecule has 1 aliphatic carbocycles. The van der Waals surface area contributed by atoms with Crippen molar-refractivity contribution >= 4 is 0 Å². The van der Waals surface area contributed by atoms with Crippen LogP contribution >= 0.6 is 0 Å². The largest absolute Gasteiger partial charge is 0.179 e. The summed E-state index contributed by atoms with van der Waals surface area (Å²) in [7, 11) is 0. The van der Waals surface area contributed by atoms with Crippen molar-refractivity contribution in [1.29, 1.82) is 0 Å². The molecule has 0 heterocycles. The van der Waals surface area contributed by atoms with Gasteiger partial charge in [-0.2, -0.15) is 29.8 Å². The van der Waals surface area contributed by atoms with Gasteiger partial charge in [0.15, 0.2) is 0 Å². The van der Waals surface area contributed by atoms with Crippen molar-refractivity contribution in [2.24, 2.45) is 0 Å². The third-order valence-corrected chi connectivity index (χ3v) is 2.62. The van der Waals surface area contributed by atoms with Crippen LogP contribution in [0.1, 0.15) is 11.1 Å². The molecule has 14 heavy (non-hydrogen) atoms. The molecule has 0 saturated heterocycles. The first kappa shape index (κ1) is 9.85. The molecule has 0 atom stereocenters. The molecule has 0 amide bonds. The van der Waals surface area contributed by atoms with E-state index in [4.69, 9.17) is 0 Å². The summed E-state index contributed by atoms with van der Waals surface area (Å²) in [5, 5.41) is 0. The van der Waals surface area contributed by atoms with Crippen LogP contribution in [-0.4, -0.2) is 0 Å². The average molecular weight is 210 g/mol. The summed E-state index contributed by atoms with van der Waals surface area (Å²) in [5.41, 5.74) is 5.51. The quantitative estimate of drug-likeness (QED) is 0.500. The fraction of sp³-hybridized carbons (Fsp3) is 0.0769. The van der Waals surface area contributed by atoms with E-state index in [-0.39, 0.29) is 25.8 Å². The standard InChI is InChI=1S/C13H9.Sc/c1-3-7-12-10(5-1)9-11-6-2-4-8-13(11)12;/h1-5,7-8H,9H2;/q-1;. The van der Waals surface area contributed by atoms with Gasteiger partial charge >= 0.3 is 0 Å². The maximum absolute atomic E-state index is 3.30. The fourth-order valence-corrected chi connectivity index (χ4v) is 2.00. The Morgan fingerprint density at radius 1 is 0.929 bits per heavy atom. The third-order valence-electron chi connectivity index (χ3n) is 2.62. The predicted molar refractivity (Wildman–Crippen MR) is 53.5 cm³/mol. The zero-order chi connectivity index (χ0) is 8.67. The van der Waals surface area contributed by atoms with Gasteiger partial charge in [-0.05, 0) is 6.42 Å². The second kappa shape index (κ2) is 3.82. The topological polar surface area (TPSA) is 0 Å². The van der Waals surface area contributed by atoms with Crippen molar-refractivity contribution in [3.8, 4) is 11.1 Å². The van der Waals surface area contributed by atoms with Crippen LogP contribution in [0.15, 0.2) is 42.5 Å². The SMILES string of the molecule is [Sc].[c-]1cccc2c1Cc1ccccc1-2. The van der Waals surface area contributed by atoms with Crippen molar-refractivity contribution in [2.45, 2.75) is 6.42 Å². The maximum Gasteiger partial charge on any atom is 0 e. The Balaban J connectivity index is 0.000000750. The number of rotatable bonds is 0. The minimum atomic E-state index is 0. The Morgan fingerprint density at radius 2 is 1.71 bits per heavy atom. The van der Waals surface area contributed by atoms with Crippen LogP contribution in [0.2, 0.25) is 0 Å². The van der Waals surface area contributed by atoms with Gasteiger partial charge in [0.05, 0.1) is 0 Å². The molecule has 1 aliphatic rings. The minimum absolute atomic E-state index is 0. The maximum atomic E-state index is 3.30. The van der Waals surface area contributed by atoms with Crippen molar-refractivity contribution in [1.82, 2.24) is 0 Å². The molecule has 0 fully saturated rings. The van der Waals surface area contributed by atoms with Gasteiger partial charge in [0.1, 0.15) is 0 Å². The van der Waals surface area contributed by atoms with Crippen LogP contribution in [0.5, 0.6) is 0 Å². The van der Waals surface area contributed by atoms with E-state index in [2.05, 4.69) is 42.5 Å². The Bertz CT molecular complexity index is 417. The number of hydrogen-bond donors (Lipinski definition) is 0. The molecule has 0 bridgehead atoms. The molecule has 65 valence electrons. The van der Waals surface area contributed by atoms with Gasteiger partial charge < -0.3 is 0 Å². The summed E-state index contributed by atoms with van der Waals surface area (Å²) in [6.07, 6.45) is 1.05. The van der Waals surface area contributed by atoms with Crippen molar-refractivity contribution in [3.05, 3.63) is 59.7 Å². The molecule has 0 unspecified atom stereocenters. The van der Waals surface area contributed by atoms with Gasteiger partial charge in [-0.1, -0.05) is 35.4 Å². The molecular weight excluding hydrogens is 201 g/mol. The van der Waals surface area contributed by atoms with E-state index in [0.717, 1.165) is 6.42 Å². The number of hydrogen-bond acceptors (Lipinski definition) is 0. The predicted octanol–water partition coefficient (Wildman–Crippen LogP) is 3.06. The Labute approximate surface area is 103 Å². The first-order valence-corrected chi connectivity index (χ1v) is 4.53. The zero-order valence-corrected chi connectivity index (χ0v) is 9.63. The number of benzene rings is 2. The van der Waals surface area contributed by atoms with E-state index in [1.165, 1.54) is 22.3 Å². The van der Waals surface area contributed by atoms with E-state index in [1.54, 1.807) is 0 Å². The first-order valence-electron chi connectivity index (χ1n) is 4.53. The summed E-state index contributed by atoms with van der Waals surface area (Å²) in [5.74, 6) is 0. The molecular formula is C13H9Sc-. The third kappa shape index (κ3) is 1.40. The molecule has 0 spiro atoms. The van der Waals surface area contributed by atoms with Crippen LogP contribution in [0.3, 0.4) is 0 Å². The van der Waals surface area contributed by atoms with Crippen LogP contribution in [0.4, 0.5) is 0 Å². The van der Waals surface area contributed by atoms with Crippen LogP contribution in [0, 0.1) is 6.07 Å². The van der Waals surface area contributed by atoms with E-state index in [0.29, 0.717) is 0 Å². The molecule has 2 aromatic carbocycles. The average Bonchev–Trinajstić information content (AvgIpc) is 2.56. The van der Waals surface area contributed by atoms with Crippen LogP contribution in [-0.2, 0) is 32.3 Å². The molecule has 0 N–H and O–H groups in total. The molecule has 0 nitrogen and oxygen atoms in total. The molecule has 3 rings (SSSR count). The van der Waals surface area contributed by atoms with Crippen LogP contribution in [0.25, 0.3) is 11.1 Å². The van der Waals surface area contributed by atoms with Gasteiger partial charge in [-0.25, -0.2) is 0 Å². The van der Waals surface area contributed by atoms with E-state index in [9.17, 15) is 0 Å². The molecule has 1 heteroatoms. The molecule has 2 aromatic rings. The second-order valence-corrected chi connectivity index (χ2v) is 3.40.